The Morgan fingerprint density at radius 1 is 1.29 bits per heavy atom. The molecule has 0 bridgehead atoms. The van der Waals surface area contributed by atoms with Crippen molar-refractivity contribution in [1.82, 2.24) is 25.0 Å². The van der Waals surface area contributed by atoms with Crippen LogP contribution >= 0.6 is 0 Å². The highest BCUT2D eigenvalue weighted by atomic mass is 15.3. The quantitative estimate of drug-likeness (QED) is 0.771. The molecule has 6 nitrogen and oxygen atoms in total. The van der Waals surface area contributed by atoms with Crippen LogP contribution in [0.4, 0.5) is 5.69 Å². The zero-order valence-corrected chi connectivity index (χ0v) is 12.4. The molecule has 0 saturated carbocycles. The van der Waals surface area contributed by atoms with Crippen LogP contribution in [-0.4, -0.2) is 25.0 Å². The topological polar surface area (TPSA) is 71.4 Å². The van der Waals surface area contributed by atoms with Crippen molar-refractivity contribution < 1.29 is 0 Å². The van der Waals surface area contributed by atoms with Crippen molar-refractivity contribution in [2.24, 2.45) is 7.05 Å². The lowest BCUT2D eigenvalue weighted by molar-refractivity contribution is 0.768. The maximum atomic E-state index is 4.32. The Bertz CT molecular complexity index is 736. The molecule has 3 rings (SSSR count). The Balaban J connectivity index is 1.78. The highest BCUT2D eigenvalue weighted by molar-refractivity contribution is 5.62. The van der Waals surface area contributed by atoms with Crippen LogP contribution in [0.5, 0.6) is 0 Å². The summed E-state index contributed by atoms with van der Waals surface area (Å²) in [6.45, 7) is 4.78. The molecule has 2 aromatic heterocycles. The van der Waals surface area contributed by atoms with Crippen LogP contribution in [0.3, 0.4) is 0 Å². The normalized spacial score (nSPS) is 10.8. The lowest BCUT2D eigenvalue weighted by atomic mass is 10.1. The Morgan fingerprint density at radius 2 is 2.14 bits per heavy atom. The number of nitrogens with one attached hydrogen (secondary N) is 2. The van der Waals surface area contributed by atoms with Crippen LogP contribution in [0.15, 0.2) is 30.6 Å². The summed E-state index contributed by atoms with van der Waals surface area (Å²) in [4.78, 5) is 4.27. The van der Waals surface area contributed by atoms with Crippen LogP contribution in [0.2, 0.25) is 0 Å². The van der Waals surface area contributed by atoms with E-state index in [0.29, 0.717) is 0 Å². The minimum absolute atomic E-state index is 0.733. The molecule has 0 saturated heterocycles. The van der Waals surface area contributed by atoms with Gasteiger partial charge in [0.15, 0.2) is 5.82 Å². The van der Waals surface area contributed by atoms with E-state index in [-0.39, 0.29) is 0 Å². The van der Waals surface area contributed by atoms with E-state index in [9.17, 15) is 0 Å². The van der Waals surface area contributed by atoms with E-state index < -0.39 is 0 Å². The zero-order valence-electron chi connectivity index (χ0n) is 12.4. The smallest absolute Gasteiger partial charge is 0.181 e. The van der Waals surface area contributed by atoms with E-state index in [2.05, 4.69) is 31.7 Å². The number of anilines is 1. The molecule has 0 aliphatic rings. The molecule has 0 fully saturated rings. The average molecular weight is 282 g/mol. The number of rotatable bonds is 4. The summed E-state index contributed by atoms with van der Waals surface area (Å²) in [5.41, 5.74) is 5.38. The van der Waals surface area contributed by atoms with Gasteiger partial charge in [0.05, 0.1) is 5.69 Å². The number of hydrogen-bond acceptors (Lipinski definition) is 4. The summed E-state index contributed by atoms with van der Waals surface area (Å²) < 4.78 is 1.70. The van der Waals surface area contributed by atoms with Gasteiger partial charge < -0.3 is 5.32 Å². The molecule has 108 valence electrons. The van der Waals surface area contributed by atoms with Crippen LogP contribution in [0, 0.1) is 13.8 Å². The van der Waals surface area contributed by atoms with Gasteiger partial charge in [-0.25, -0.2) is 4.98 Å². The standard InChI is InChI=1S/C15H18N6/c1-10-14(11(2)19-18-10)8-16-13-6-4-5-12(7-13)15-17-9-21(3)20-15/h4-7,9,16H,8H2,1-3H3,(H,18,19). The lowest BCUT2D eigenvalue weighted by Crippen LogP contribution is -2.01. The van der Waals surface area contributed by atoms with Gasteiger partial charge in [-0.05, 0) is 26.0 Å². The minimum atomic E-state index is 0.733. The van der Waals surface area contributed by atoms with Gasteiger partial charge in [0.25, 0.3) is 0 Å². The van der Waals surface area contributed by atoms with Crippen LogP contribution < -0.4 is 5.32 Å². The van der Waals surface area contributed by atoms with Crippen molar-refractivity contribution in [3.8, 4) is 11.4 Å². The number of nitrogens with zero attached hydrogens (tertiary/aromatic N) is 4. The number of aromatic amines is 1. The molecule has 6 heteroatoms. The lowest BCUT2D eigenvalue weighted by Gasteiger charge is -2.07. The monoisotopic (exact) mass is 282 g/mol. The summed E-state index contributed by atoms with van der Waals surface area (Å²) in [7, 11) is 1.86. The fourth-order valence-corrected chi connectivity index (χ4v) is 2.26. The Morgan fingerprint density at radius 3 is 2.81 bits per heavy atom. The summed E-state index contributed by atoms with van der Waals surface area (Å²) in [6, 6.07) is 8.11. The number of hydrogen-bond donors (Lipinski definition) is 2. The predicted octanol–water partition coefficient (Wildman–Crippen LogP) is 2.43. The highest BCUT2D eigenvalue weighted by Gasteiger charge is 2.07. The van der Waals surface area contributed by atoms with Gasteiger partial charge in [-0.2, -0.15) is 10.2 Å². The van der Waals surface area contributed by atoms with Crippen molar-refractivity contribution in [1.29, 1.82) is 0 Å². The third-order valence-corrected chi connectivity index (χ3v) is 3.47. The minimum Gasteiger partial charge on any atom is -0.381 e. The van der Waals surface area contributed by atoms with E-state index in [4.69, 9.17) is 0 Å². The van der Waals surface area contributed by atoms with Gasteiger partial charge in [0, 0.05) is 36.1 Å². The first-order valence-corrected chi connectivity index (χ1v) is 6.84. The first-order chi connectivity index (χ1) is 10.1. The van der Waals surface area contributed by atoms with Crippen LogP contribution in [0.1, 0.15) is 17.0 Å². The molecule has 0 aliphatic heterocycles. The van der Waals surface area contributed by atoms with Crippen molar-refractivity contribution >= 4 is 5.69 Å². The Hall–Kier alpha value is -2.63. The van der Waals surface area contributed by atoms with Crippen LogP contribution in [0.25, 0.3) is 11.4 Å². The molecule has 0 aliphatic carbocycles. The molecular formula is C15H18N6. The number of H-pyrrole nitrogens is 1. The maximum Gasteiger partial charge on any atom is 0.181 e. The summed E-state index contributed by atoms with van der Waals surface area (Å²) >= 11 is 0. The molecule has 0 unspecified atom stereocenters. The molecule has 0 amide bonds. The summed E-state index contributed by atoms with van der Waals surface area (Å²) in [6.07, 6.45) is 1.70. The van der Waals surface area contributed by atoms with Gasteiger partial charge in [0.2, 0.25) is 0 Å². The van der Waals surface area contributed by atoms with Crippen molar-refractivity contribution in [2.75, 3.05) is 5.32 Å². The molecule has 3 aromatic rings. The van der Waals surface area contributed by atoms with E-state index in [1.807, 2.05) is 39.1 Å². The first kappa shape index (κ1) is 13.4. The fourth-order valence-electron chi connectivity index (χ4n) is 2.26. The second-order valence-electron chi connectivity index (χ2n) is 5.09. The first-order valence-electron chi connectivity index (χ1n) is 6.84. The molecule has 0 spiro atoms. The third kappa shape index (κ3) is 2.79. The maximum absolute atomic E-state index is 4.32. The Labute approximate surface area is 123 Å². The average Bonchev–Trinajstić information content (AvgIpc) is 3.04. The SMILES string of the molecule is Cc1n[nH]c(C)c1CNc1cccc(-c2ncn(C)n2)c1. The molecule has 0 radical (unpaired) electrons. The summed E-state index contributed by atoms with van der Waals surface area (Å²) in [5, 5.41) is 15.0. The molecule has 21 heavy (non-hydrogen) atoms. The van der Waals surface area contributed by atoms with E-state index >= 15 is 0 Å². The van der Waals surface area contributed by atoms with E-state index in [1.165, 1.54) is 5.56 Å². The largest absolute Gasteiger partial charge is 0.381 e. The van der Waals surface area contributed by atoms with E-state index in [0.717, 1.165) is 35.0 Å². The second kappa shape index (κ2) is 5.40. The van der Waals surface area contributed by atoms with E-state index in [1.54, 1.807) is 11.0 Å². The molecule has 1 aromatic carbocycles. The van der Waals surface area contributed by atoms with Gasteiger partial charge >= 0.3 is 0 Å². The second-order valence-corrected chi connectivity index (χ2v) is 5.09. The molecule has 2 N–H and O–H groups in total. The van der Waals surface area contributed by atoms with Gasteiger partial charge in [0.1, 0.15) is 6.33 Å². The summed E-state index contributed by atoms with van der Waals surface area (Å²) in [5.74, 6) is 0.733. The van der Waals surface area contributed by atoms with Crippen molar-refractivity contribution in [3.05, 3.63) is 47.5 Å². The van der Waals surface area contributed by atoms with Gasteiger partial charge in [-0.1, -0.05) is 12.1 Å². The van der Waals surface area contributed by atoms with Gasteiger partial charge in [-0.15, -0.1) is 0 Å². The number of aromatic nitrogens is 5. The zero-order chi connectivity index (χ0) is 14.8. The van der Waals surface area contributed by atoms with Crippen molar-refractivity contribution in [3.63, 3.8) is 0 Å². The number of benzene rings is 1. The highest BCUT2D eigenvalue weighted by Crippen LogP contribution is 2.20. The predicted molar refractivity (Wildman–Crippen MR) is 81.8 cm³/mol. The van der Waals surface area contributed by atoms with Crippen molar-refractivity contribution in [2.45, 2.75) is 20.4 Å². The fraction of sp³-hybridized carbons (Fsp3) is 0.267. The molecule has 2 heterocycles. The van der Waals surface area contributed by atoms with Gasteiger partial charge in [-0.3, -0.25) is 9.78 Å². The molecular weight excluding hydrogens is 264 g/mol. The molecule has 0 atom stereocenters. The van der Waals surface area contributed by atoms with Crippen LogP contribution in [-0.2, 0) is 13.6 Å². The third-order valence-electron chi connectivity index (χ3n) is 3.47. The number of aryl methyl sites for hydroxylation is 3. The Kier molecular flexibility index (Phi) is 3.43.